The largest absolute Gasteiger partial charge is 0.508 e. The topological polar surface area (TPSA) is 172 Å². The minimum atomic E-state index is -1.13. The van der Waals surface area contributed by atoms with E-state index in [0.717, 1.165) is 5.75 Å². The Kier molecular flexibility index (Phi) is 11.3. The van der Waals surface area contributed by atoms with Crippen LogP contribution in [0.4, 0.5) is 0 Å². The molecule has 13 nitrogen and oxygen atoms in total. The lowest BCUT2D eigenvalue weighted by Crippen LogP contribution is -2.44. The van der Waals surface area contributed by atoms with E-state index in [1.54, 1.807) is 29.2 Å². The van der Waals surface area contributed by atoms with E-state index in [0.29, 0.717) is 44.6 Å². The van der Waals surface area contributed by atoms with Gasteiger partial charge in [0.1, 0.15) is 41.4 Å². The average molecular weight is 679 g/mol. The smallest absolute Gasteiger partial charge is 0.309 e. The zero-order valence-electron chi connectivity index (χ0n) is 27.1. The Labute approximate surface area is 284 Å². The highest BCUT2D eigenvalue weighted by molar-refractivity contribution is 6.06. The van der Waals surface area contributed by atoms with Crippen molar-refractivity contribution in [3.8, 4) is 24.0 Å². The van der Waals surface area contributed by atoms with Crippen LogP contribution < -0.4 is 4.74 Å². The molecule has 2 saturated carbocycles. The van der Waals surface area contributed by atoms with Crippen LogP contribution in [-0.4, -0.2) is 112 Å². The van der Waals surface area contributed by atoms with Crippen molar-refractivity contribution >= 4 is 23.8 Å². The third kappa shape index (κ3) is 7.76. The average Bonchev–Trinajstić information content (AvgIpc) is 3.86. The molecule has 2 amide bonds. The van der Waals surface area contributed by atoms with Crippen molar-refractivity contribution in [1.29, 1.82) is 0 Å². The summed E-state index contributed by atoms with van der Waals surface area (Å²) in [5.41, 5.74) is -2.24. The number of carbonyl (C=O) groups excluding carboxylic acids is 2. The molecule has 49 heavy (non-hydrogen) atoms. The molecule has 4 aliphatic rings. The summed E-state index contributed by atoms with van der Waals surface area (Å²) in [7, 11) is 0. The van der Waals surface area contributed by atoms with Crippen LogP contribution in [0, 0.1) is 24.4 Å². The molecule has 2 aliphatic carbocycles. The quantitative estimate of drug-likeness (QED) is 0.152. The van der Waals surface area contributed by atoms with E-state index in [1.807, 2.05) is 36.4 Å². The number of benzene rings is 2. The van der Waals surface area contributed by atoms with Gasteiger partial charge >= 0.3 is 11.9 Å². The molecule has 13 heteroatoms. The second kappa shape index (κ2) is 15.6. The number of phenolic OH excluding ortho intramolecular Hbond substituents is 1. The fourth-order valence-electron chi connectivity index (χ4n) is 7.41. The molecule has 3 N–H and O–H groups in total. The van der Waals surface area contributed by atoms with Crippen molar-refractivity contribution in [3.63, 3.8) is 0 Å². The molecule has 2 aliphatic heterocycles. The number of carboxylic acid groups (broad SMARTS) is 2. The number of hydrogen-bond acceptors (Lipinski definition) is 9. The molecular weight excluding hydrogens is 636 g/mol. The Bertz CT molecular complexity index is 1520. The van der Waals surface area contributed by atoms with Crippen LogP contribution in [0.5, 0.6) is 11.5 Å². The van der Waals surface area contributed by atoms with Gasteiger partial charge in [0.2, 0.25) is 0 Å². The minimum Gasteiger partial charge on any atom is -0.508 e. The third-order valence-corrected chi connectivity index (χ3v) is 9.83. The first-order chi connectivity index (χ1) is 23.6. The Morgan fingerprint density at radius 3 is 1.76 bits per heavy atom. The summed E-state index contributed by atoms with van der Waals surface area (Å²) < 4.78 is 22.6. The van der Waals surface area contributed by atoms with Crippen LogP contribution in [0.1, 0.15) is 38.5 Å². The Morgan fingerprint density at radius 2 is 1.27 bits per heavy atom. The number of aliphatic carboxylic acids is 2. The number of phenols is 1. The summed E-state index contributed by atoms with van der Waals surface area (Å²) in [6.45, 7) is 1.36. The van der Waals surface area contributed by atoms with Crippen molar-refractivity contribution in [2.24, 2.45) is 11.8 Å². The number of rotatable bonds is 14. The van der Waals surface area contributed by atoms with Gasteiger partial charge in [0.25, 0.3) is 11.8 Å². The van der Waals surface area contributed by atoms with Gasteiger partial charge in [-0.1, -0.05) is 42.8 Å². The zero-order valence-corrected chi connectivity index (χ0v) is 27.1. The van der Waals surface area contributed by atoms with E-state index in [1.165, 1.54) is 4.90 Å². The molecular formula is C36H42N2O11. The number of amides is 2. The molecule has 0 bridgehead atoms. The fourth-order valence-corrected chi connectivity index (χ4v) is 7.41. The molecule has 0 radical (unpaired) electrons. The molecule has 6 atom stereocenters. The molecule has 2 aromatic rings. The van der Waals surface area contributed by atoms with Gasteiger partial charge in [-0.25, -0.2) is 0 Å². The van der Waals surface area contributed by atoms with Gasteiger partial charge in [-0.3, -0.25) is 19.2 Å². The van der Waals surface area contributed by atoms with Crippen molar-refractivity contribution in [2.45, 2.75) is 61.8 Å². The van der Waals surface area contributed by atoms with E-state index in [9.17, 15) is 29.4 Å². The van der Waals surface area contributed by atoms with E-state index < -0.39 is 34.9 Å². The number of hydrogen-bond donors (Lipinski definition) is 3. The van der Waals surface area contributed by atoms with Crippen molar-refractivity contribution in [2.75, 3.05) is 39.5 Å². The van der Waals surface area contributed by atoms with Crippen LogP contribution in [0.25, 0.3) is 0 Å². The standard InChI is InChI=1S/C30H36N2O10.C6H6O/c1-2-40-21-8-10-23(25(33)34)29(18-21)27(37)31(29)12-14-39-15-13-32-28(38)30(32)19-22(9-11-24(30)26(35)36)42-17-16-41-20-6-4-3-5-7-20;7-6-4-2-1-3-5-6/h1,3-7,21-24H,8-19H2,(H,33,34)(H,35,36);1-5,7H. The number of carboxylic acids is 2. The maximum atomic E-state index is 13.0. The normalized spacial score (nSPS) is 28.3. The lowest BCUT2D eigenvalue weighted by atomic mass is 9.76. The summed E-state index contributed by atoms with van der Waals surface area (Å²) in [6.07, 6.45) is 8.86. The van der Waals surface area contributed by atoms with Gasteiger partial charge in [-0.05, 0) is 49.9 Å². The number of para-hydroxylation sites is 2. The maximum absolute atomic E-state index is 13.0. The van der Waals surface area contributed by atoms with Gasteiger partial charge in [0.15, 0.2) is 0 Å². The van der Waals surface area contributed by atoms with Crippen molar-refractivity contribution in [1.82, 2.24) is 9.80 Å². The third-order valence-electron chi connectivity index (χ3n) is 9.83. The summed E-state index contributed by atoms with van der Waals surface area (Å²) in [4.78, 5) is 52.7. The predicted octanol–water partition coefficient (Wildman–Crippen LogP) is 2.77. The molecule has 0 aromatic heterocycles. The second-order valence-electron chi connectivity index (χ2n) is 12.6. The van der Waals surface area contributed by atoms with E-state index in [2.05, 4.69) is 6.11 Å². The fraction of sp³-hybridized carbons (Fsp3) is 0.500. The van der Waals surface area contributed by atoms with Crippen LogP contribution in [0.3, 0.4) is 0 Å². The van der Waals surface area contributed by atoms with Crippen LogP contribution >= 0.6 is 0 Å². The zero-order chi connectivity index (χ0) is 35.0. The van der Waals surface area contributed by atoms with Crippen LogP contribution in [-0.2, 0) is 33.4 Å². The summed E-state index contributed by atoms with van der Waals surface area (Å²) in [5, 5.41) is 28.2. The van der Waals surface area contributed by atoms with Gasteiger partial charge in [0, 0.05) is 25.9 Å². The Morgan fingerprint density at radius 1 is 0.755 bits per heavy atom. The van der Waals surface area contributed by atoms with Crippen molar-refractivity contribution < 1.29 is 53.4 Å². The number of terminal acetylenes is 1. The highest BCUT2D eigenvalue weighted by Crippen LogP contribution is 2.52. The molecule has 2 saturated heterocycles. The molecule has 2 spiro atoms. The lowest BCUT2D eigenvalue weighted by molar-refractivity contribution is -0.147. The van der Waals surface area contributed by atoms with Gasteiger partial charge in [0.05, 0.1) is 37.8 Å². The minimum absolute atomic E-state index is 0.144. The Hall–Kier alpha value is -4.80. The highest BCUT2D eigenvalue weighted by Gasteiger charge is 2.71. The first kappa shape index (κ1) is 35.5. The predicted molar refractivity (Wildman–Crippen MR) is 173 cm³/mol. The van der Waals surface area contributed by atoms with Crippen LogP contribution in [0.2, 0.25) is 0 Å². The highest BCUT2D eigenvalue weighted by atomic mass is 16.5. The number of carbonyl (C=O) groups is 4. The van der Waals surface area contributed by atoms with E-state index >= 15 is 0 Å². The van der Waals surface area contributed by atoms with E-state index in [-0.39, 0.29) is 63.2 Å². The van der Waals surface area contributed by atoms with Crippen molar-refractivity contribution in [3.05, 3.63) is 60.7 Å². The number of aromatic hydroxyl groups is 1. The molecule has 262 valence electrons. The second-order valence-corrected chi connectivity index (χ2v) is 12.6. The van der Waals surface area contributed by atoms with Crippen LogP contribution in [0.15, 0.2) is 60.7 Å². The molecule has 2 aromatic carbocycles. The maximum Gasteiger partial charge on any atom is 0.309 e. The van der Waals surface area contributed by atoms with E-state index in [4.69, 9.17) is 30.5 Å². The SMILES string of the molecule is C#COC1CCC(C(=O)O)C2(C1)C(=O)N2CCOCCN1C(=O)C12CC(OCCOc1ccccc1)CCC2C(=O)O.Oc1ccccc1. The molecule has 2 heterocycles. The first-order valence-corrected chi connectivity index (χ1v) is 16.5. The Balaban J connectivity index is 0.000000595. The monoisotopic (exact) mass is 678 g/mol. The number of ether oxygens (including phenoxy) is 4. The molecule has 4 fully saturated rings. The summed E-state index contributed by atoms with van der Waals surface area (Å²) in [5.74, 6) is -3.11. The summed E-state index contributed by atoms with van der Waals surface area (Å²) >= 11 is 0. The molecule has 6 unspecified atom stereocenters. The molecule has 6 rings (SSSR count). The first-order valence-electron chi connectivity index (χ1n) is 16.5. The lowest BCUT2D eigenvalue weighted by Gasteiger charge is -2.33. The summed E-state index contributed by atoms with van der Waals surface area (Å²) in [6, 6.07) is 18.1. The number of nitrogens with zero attached hydrogens (tertiary/aromatic N) is 2. The van der Waals surface area contributed by atoms with Gasteiger partial charge in [-0.15, -0.1) is 0 Å². The van der Waals surface area contributed by atoms with Gasteiger partial charge < -0.3 is 44.1 Å². The van der Waals surface area contributed by atoms with Gasteiger partial charge in [-0.2, -0.15) is 0 Å².